The first kappa shape index (κ1) is 14.3. The lowest BCUT2D eigenvalue weighted by molar-refractivity contribution is 0.457. The number of benzene rings is 1. The van der Waals surface area contributed by atoms with Crippen LogP contribution in [0.1, 0.15) is 24.7 Å². The van der Waals surface area contributed by atoms with Crippen LogP contribution in [0.3, 0.4) is 0 Å². The van der Waals surface area contributed by atoms with E-state index >= 15 is 0 Å². The van der Waals surface area contributed by atoms with E-state index in [0.717, 1.165) is 24.2 Å². The first-order valence-electron chi connectivity index (χ1n) is 6.06. The third-order valence-corrected chi connectivity index (χ3v) is 3.19. The zero-order chi connectivity index (χ0) is 13.8. The lowest BCUT2D eigenvalue weighted by atomic mass is 10.2. The van der Waals surface area contributed by atoms with E-state index in [1.54, 1.807) is 6.07 Å². The van der Waals surface area contributed by atoms with Gasteiger partial charge in [0.1, 0.15) is 16.2 Å². The van der Waals surface area contributed by atoms with Gasteiger partial charge in [-0.1, -0.05) is 24.6 Å². The third kappa shape index (κ3) is 3.91. The Morgan fingerprint density at radius 3 is 2.74 bits per heavy atom. The molecular weight excluding hydrogens is 328 g/mol. The van der Waals surface area contributed by atoms with Crippen molar-refractivity contribution in [1.29, 1.82) is 0 Å². The SMILES string of the molecule is CCCc1nc(Br)cc(Oc2ccc(C)cc2Cl)n1. The molecule has 1 heterocycles. The molecule has 0 N–H and O–H groups in total. The average Bonchev–Trinajstić information content (AvgIpc) is 2.32. The minimum absolute atomic E-state index is 0.496. The van der Waals surface area contributed by atoms with Gasteiger partial charge in [-0.2, -0.15) is 4.98 Å². The van der Waals surface area contributed by atoms with Crippen molar-refractivity contribution in [3.63, 3.8) is 0 Å². The van der Waals surface area contributed by atoms with E-state index in [2.05, 4.69) is 32.8 Å². The molecule has 3 nitrogen and oxygen atoms in total. The molecule has 5 heteroatoms. The molecule has 19 heavy (non-hydrogen) atoms. The summed E-state index contributed by atoms with van der Waals surface area (Å²) in [7, 11) is 0. The summed E-state index contributed by atoms with van der Waals surface area (Å²) >= 11 is 9.50. The summed E-state index contributed by atoms with van der Waals surface area (Å²) in [6, 6.07) is 7.38. The largest absolute Gasteiger partial charge is 0.437 e. The van der Waals surface area contributed by atoms with E-state index < -0.39 is 0 Å². The number of nitrogens with zero attached hydrogens (tertiary/aromatic N) is 2. The molecule has 0 fully saturated rings. The van der Waals surface area contributed by atoms with Gasteiger partial charge >= 0.3 is 0 Å². The summed E-state index contributed by atoms with van der Waals surface area (Å²) in [6.45, 7) is 4.07. The van der Waals surface area contributed by atoms with E-state index in [0.29, 0.717) is 21.3 Å². The van der Waals surface area contributed by atoms with Crippen molar-refractivity contribution in [3.05, 3.63) is 45.3 Å². The van der Waals surface area contributed by atoms with Gasteiger partial charge in [0.2, 0.25) is 5.88 Å². The van der Waals surface area contributed by atoms with Crippen molar-refractivity contribution in [2.45, 2.75) is 26.7 Å². The first-order chi connectivity index (χ1) is 9.08. The molecule has 0 aliphatic rings. The molecule has 0 saturated carbocycles. The summed E-state index contributed by atoms with van der Waals surface area (Å²) < 4.78 is 6.43. The highest BCUT2D eigenvalue weighted by Crippen LogP contribution is 2.30. The molecule has 2 rings (SSSR count). The van der Waals surface area contributed by atoms with Crippen LogP contribution in [0.25, 0.3) is 0 Å². The number of aromatic nitrogens is 2. The Kier molecular flexibility index (Phi) is 4.77. The number of ether oxygens (including phenoxy) is 1. The number of hydrogen-bond donors (Lipinski definition) is 0. The minimum Gasteiger partial charge on any atom is -0.437 e. The zero-order valence-corrected chi connectivity index (χ0v) is 13.1. The van der Waals surface area contributed by atoms with Crippen LogP contribution in [-0.4, -0.2) is 9.97 Å². The molecule has 0 bridgehead atoms. The van der Waals surface area contributed by atoms with Gasteiger partial charge in [0, 0.05) is 12.5 Å². The van der Waals surface area contributed by atoms with Crippen LogP contribution < -0.4 is 4.74 Å². The van der Waals surface area contributed by atoms with Crippen molar-refractivity contribution < 1.29 is 4.74 Å². The van der Waals surface area contributed by atoms with Crippen LogP contribution >= 0.6 is 27.5 Å². The monoisotopic (exact) mass is 340 g/mol. The fourth-order valence-electron chi connectivity index (χ4n) is 1.63. The molecule has 0 amide bonds. The Bertz CT molecular complexity index is 590. The number of halogens is 2. The maximum atomic E-state index is 6.14. The summed E-state index contributed by atoms with van der Waals surface area (Å²) in [5, 5.41) is 0.576. The van der Waals surface area contributed by atoms with Crippen molar-refractivity contribution in [1.82, 2.24) is 9.97 Å². The molecule has 0 spiro atoms. The molecule has 1 aromatic carbocycles. The van der Waals surface area contributed by atoms with E-state index in [4.69, 9.17) is 16.3 Å². The van der Waals surface area contributed by atoms with Crippen molar-refractivity contribution in [2.24, 2.45) is 0 Å². The van der Waals surface area contributed by atoms with E-state index in [-0.39, 0.29) is 0 Å². The smallest absolute Gasteiger partial charge is 0.223 e. The van der Waals surface area contributed by atoms with Crippen LogP contribution in [0, 0.1) is 6.92 Å². The fourth-order valence-corrected chi connectivity index (χ4v) is 2.31. The highest BCUT2D eigenvalue weighted by atomic mass is 79.9. The van der Waals surface area contributed by atoms with Crippen molar-refractivity contribution in [2.75, 3.05) is 0 Å². The first-order valence-corrected chi connectivity index (χ1v) is 7.23. The van der Waals surface area contributed by atoms with Crippen LogP contribution in [0.15, 0.2) is 28.9 Å². The fraction of sp³-hybridized carbons (Fsp3) is 0.286. The Hall–Kier alpha value is -1.13. The molecule has 0 aliphatic heterocycles. The van der Waals surface area contributed by atoms with Gasteiger partial charge in [0.25, 0.3) is 0 Å². The predicted octanol–water partition coefficient (Wildman–Crippen LogP) is 4.95. The van der Waals surface area contributed by atoms with Crippen LogP contribution in [0.4, 0.5) is 0 Å². The topological polar surface area (TPSA) is 35.0 Å². The Morgan fingerprint density at radius 2 is 2.05 bits per heavy atom. The van der Waals surface area contributed by atoms with Crippen LogP contribution in [-0.2, 0) is 6.42 Å². The summed E-state index contributed by atoms with van der Waals surface area (Å²) in [6.07, 6.45) is 1.80. The Labute approximate surface area is 126 Å². The second-order valence-corrected chi connectivity index (χ2v) is 5.45. The molecule has 0 aliphatic carbocycles. The lowest BCUT2D eigenvalue weighted by Gasteiger charge is -2.08. The standard InChI is InChI=1S/C14H14BrClN2O/c1-3-4-13-17-12(15)8-14(18-13)19-11-6-5-9(2)7-10(11)16/h5-8H,3-4H2,1-2H3. The maximum absolute atomic E-state index is 6.14. The molecule has 2 aromatic rings. The minimum atomic E-state index is 0.496. The molecule has 0 saturated heterocycles. The van der Waals surface area contributed by atoms with E-state index in [9.17, 15) is 0 Å². The lowest BCUT2D eigenvalue weighted by Crippen LogP contribution is -1.98. The van der Waals surface area contributed by atoms with Gasteiger partial charge in [-0.15, -0.1) is 0 Å². The molecule has 0 unspecified atom stereocenters. The predicted molar refractivity (Wildman–Crippen MR) is 80.0 cm³/mol. The number of rotatable bonds is 4. The third-order valence-electron chi connectivity index (χ3n) is 2.49. The zero-order valence-electron chi connectivity index (χ0n) is 10.8. The molecule has 100 valence electrons. The quantitative estimate of drug-likeness (QED) is 0.738. The molecule has 1 aromatic heterocycles. The number of hydrogen-bond acceptors (Lipinski definition) is 3. The summed E-state index contributed by atoms with van der Waals surface area (Å²) in [5.74, 6) is 1.85. The average molecular weight is 342 g/mol. The maximum Gasteiger partial charge on any atom is 0.223 e. The van der Waals surface area contributed by atoms with Crippen molar-refractivity contribution >= 4 is 27.5 Å². The highest BCUT2D eigenvalue weighted by Gasteiger charge is 2.07. The molecule has 0 radical (unpaired) electrons. The Morgan fingerprint density at radius 1 is 1.26 bits per heavy atom. The Balaban J connectivity index is 2.27. The van der Waals surface area contributed by atoms with Crippen LogP contribution in [0.5, 0.6) is 11.6 Å². The van der Waals surface area contributed by atoms with Crippen LogP contribution in [0.2, 0.25) is 5.02 Å². The summed E-state index contributed by atoms with van der Waals surface area (Å²) in [4.78, 5) is 8.65. The molecular formula is C14H14BrClN2O. The normalized spacial score (nSPS) is 10.5. The van der Waals surface area contributed by atoms with Gasteiger partial charge in [-0.3, -0.25) is 0 Å². The second kappa shape index (κ2) is 6.35. The van der Waals surface area contributed by atoms with Gasteiger partial charge in [0.05, 0.1) is 5.02 Å². The van der Waals surface area contributed by atoms with E-state index in [1.165, 1.54) is 0 Å². The second-order valence-electron chi connectivity index (χ2n) is 4.23. The van der Waals surface area contributed by atoms with Gasteiger partial charge in [0.15, 0.2) is 0 Å². The summed E-state index contributed by atoms with van der Waals surface area (Å²) in [5.41, 5.74) is 1.09. The molecule has 0 atom stereocenters. The number of aryl methyl sites for hydroxylation is 2. The van der Waals surface area contributed by atoms with Crippen molar-refractivity contribution in [3.8, 4) is 11.6 Å². The van der Waals surface area contributed by atoms with Gasteiger partial charge < -0.3 is 4.74 Å². The van der Waals surface area contributed by atoms with Gasteiger partial charge in [-0.25, -0.2) is 4.98 Å². The van der Waals surface area contributed by atoms with Gasteiger partial charge in [-0.05, 0) is 47.0 Å². The highest BCUT2D eigenvalue weighted by molar-refractivity contribution is 9.10. The van der Waals surface area contributed by atoms with E-state index in [1.807, 2.05) is 25.1 Å².